The summed E-state index contributed by atoms with van der Waals surface area (Å²) in [6.07, 6.45) is 0.638. The largest absolute Gasteiger partial charge is 0.481 e. The predicted octanol–water partition coefficient (Wildman–Crippen LogP) is 1.51. The third-order valence-electron chi connectivity index (χ3n) is 4.25. The fraction of sp³-hybridized carbons (Fsp3) is 0.211. The van der Waals surface area contributed by atoms with Crippen molar-refractivity contribution in [1.29, 1.82) is 0 Å². The van der Waals surface area contributed by atoms with Crippen LogP contribution in [0.5, 0.6) is 5.75 Å². The van der Waals surface area contributed by atoms with Crippen molar-refractivity contribution >= 4 is 11.8 Å². The van der Waals surface area contributed by atoms with Gasteiger partial charge in [-0.1, -0.05) is 18.2 Å². The summed E-state index contributed by atoms with van der Waals surface area (Å²) in [6, 6.07) is 12.3. The highest BCUT2D eigenvalue weighted by Crippen LogP contribution is 2.21. The zero-order valence-electron chi connectivity index (χ0n) is 15.7. The molecule has 3 rings (SSSR count). The fourth-order valence-corrected chi connectivity index (χ4v) is 2.46. The van der Waals surface area contributed by atoms with Crippen molar-refractivity contribution in [1.82, 2.24) is 31.1 Å². The zero-order valence-corrected chi connectivity index (χ0v) is 15.7. The van der Waals surface area contributed by atoms with Crippen LogP contribution < -0.4 is 15.6 Å². The van der Waals surface area contributed by atoms with Crippen LogP contribution in [0.25, 0.3) is 5.69 Å². The molecule has 28 heavy (non-hydrogen) atoms. The van der Waals surface area contributed by atoms with Crippen LogP contribution in [0.15, 0.2) is 48.8 Å². The summed E-state index contributed by atoms with van der Waals surface area (Å²) in [6.45, 7) is 5.51. The van der Waals surface area contributed by atoms with Crippen molar-refractivity contribution in [3.05, 3.63) is 65.5 Å². The molecule has 9 nitrogen and oxygen atoms in total. The Morgan fingerprint density at radius 1 is 1.11 bits per heavy atom. The molecule has 1 atom stereocenters. The van der Waals surface area contributed by atoms with Crippen molar-refractivity contribution in [3.8, 4) is 11.4 Å². The van der Waals surface area contributed by atoms with Gasteiger partial charge in [0.1, 0.15) is 12.1 Å². The number of hydrogen-bond donors (Lipinski definition) is 2. The highest BCUT2D eigenvalue weighted by molar-refractivity contribution is 5.96. The summed E-state index contributed by atoms with van der Waals surface area (Å²) in [5.74, 6) is -0.309. The van der Waals surface area contributed by atoms with E-state index in [1.807, 2.05) is 26.0 Å². The van der Waals surface area contributed by atoms with Gasteiger partial charge >= 0.3 is 0 Å². The average Bonchev–Trinajstić information content (AvgIpc) is 3.24. The first-order chi connectivity index (χ1) is 13.5. The van der Waals surface area contributed by atoms with Gasteiger partial charge in [-0.2, -0.15) is 0 Å². The van der Waals surface area contributed by atoms with Crippen molar-refractivity contribution < 1.29 is 14.3 Å². The van der Waals surface area contributed by atoms with Crippen LogP contribution >= 0.6 is 0 Å². The lowest BCUT2D eigenvalue weighted by molar-refractivity contribution is -0.128. The summed E-state index contributed by atoms with van der Waals surface area (Å²) < 4.78 is 7.13. The van der Waals surface area contributed by atoms with E-state index >= 15 is 0 Å². The molecule has 0 saturated heterocycles. The van der Waals surface area contributed by atoms with E-state index in [1.54, 1.807) is 37.3 Å². The van der Waals surface area contributed by atoms with Gasteiger partial charge in [0, 0.05) is 5.56 Å². The van der Waals surface area contributed by atoms with Gasteiger partial charge in [-0.3, -0.25) is 20.4 Å². The molecule has 0 radical (unpaired) electrons. The molecule has 1 unspecified atom stereocenters. The Labute approximate surface area is 161 Å². The second-order valence-electron chi connectivity index (χ2n) is 6.21. The molecule has 0 saturated carbocycles. The van der Waals surface area contributed by atoms with Crippen LogP contribution in [0.1, 0.15) is 28.4 Å². The lowest BCUT2D eigenvalue weighted by Gasteiger charge is -2.17. The number of carbonyl (C=O) groups excluding carboxylic acids is 2. The molecule has 1 aromatic heterocycles. The van der Waals surface area contributed by atoms with E-state index in [1.165, 1.54) is 11.0 Å². The van der Waals surface area contributed by atoms with Gasteiger partial charge in [-0.15, -0.1) is 5.10 Å². The Balaban J connectivity index is 1.59. The maximum absolute atomic E-state index is 12.3. The van der Waals surface area contributed by atoms with Gasteiger partial charge < -0.3 is 4.74 Å². The van der Waals surface area contributed by atoms with Crippen LogP contribution in [0.4, 0.5) is 0 Å². The molecule has 0 spiro atoms. The summed E-state index contributed by atoms with van der Waals surface area (Å²) >= 11 is 0. The number of aromatic nitrogens is 4. The molecule has 0 aliphatic rings. The molecule has 0 aliphatic heterocycles. The van der Waals surface area contributed by atoms with E-state index in [2.05, 4.69) is 26.4 Å². The standard InChI is InChI=1S/C19H20N6O3/c1-12-6-4-9-17(13(12)2)28-14(3)18(26)21-22-19(27)15-7-5-8-16(10-15)25-11-20-23-24-25/h4-11,14H,1-3H3,(H,21,26)(H,22,27). The monoisotopic (exact) mass is 380 g/mol. The Kier molecular flexibility index (Phi) is 5.64. The molecule has 0 fully saturated rings. The summed E-state index contributed by atoms with van der Waals surface area (Å²) in [5.41, 5.74) is 7.76. The number of amides is 2. The number of nitrogens with one attached hydrogen (secondary N) is 2. The van der Waals surface area contributed by atoms with Gasteiger partial charge in [-0.25, -0.2) is 4.68 Å². The first-order valence-corrected chi connectivity index (χ1v) is 8.62. The number of benzene rings is 2. The number of tetrazole rings is 1. The SMILES string of the molecule is Cc1cccc(OC(C)C(=O)NNC(=O)c2cccc(-n3cnnn3)c2)c1C. The second-order valence-corrected chi connectivity index (χ2v) is 6.21. The lowest BCUT2D eigenvalue weighted by atomic mass is 10.1. The Morgan fingerprint density at radius 2 is 1.89 bits per heavy atom. The van der Waals surface area contributed by atoms with E-state index in [0.29, 0.717) is 17.0 Å². The molecule has 0 bridgehead atoms. The Bertz CT molecular complexity index is 987. The highest BCUT2D eigenvalue weighted by atomic mass is 16.5. The minimum Gasteiger partial charge on any atom is -0.481 e. The third kappa shape index (κ3) is 4.32. The molecular formula is C19H20N6O3. The van der Waals surface area contributed by atoms with E-state index in [0.717, 1.165) is 11.1 Å². The molecule has 3 aromatic rings. The lowest BCUT2D eigenvalue weighted by Crippen LogP contribution is -2.47. The third-order valence-corrected chi connectivity index (χ3v) is 4.25. The van der Waals surface area contributed by atoms with E-state index in [4.69, 9.17) is 4.74 Å². The summed E-state index contributed by atoms with van der Waals surface area (Å²) in [7, 11) is 0. The van der Waals surface area contributed by atoms with Crippen molar-refractivity contribution in [2.24, 2.45) is 0 Å². The smallest absolute Gasteiger partial charge is 0.279 e. The fourth-order valence-electron chi connectivity index (χ4n) is 2.46. The molecule has 9 heteroatoms. The quantitative estimate of drug-likeness (QED) is 0.649. The Hall–Kier alpha value is -3.75. The van der Waals surface area contributed by atoms with Crippen LogP contribution in [-0.2, 0) is 4.79 Å². The average molecular weight is 380 g/mol. The van der Waals surface area contributed by atoms with Crippen molar-refractivity contribution in [2.75, 3.05) is 0 Å². The molecule has 2 aromatic carbocycles. The van der Waals surface area contributed by atoms with Gasteiger partial charge in [0.2, 0.25) is 0 Å². The number of hydrogen-bond acceptors (Lipinski definition) is 6. The maximum Gasteiger partial charge on any atom is 0.279 e. The molecule has 0 aliphatic carbocycles. The first-order valence-electron chi connectivity index (χ1n) is 8.62. The topological polar surface area (TPSA) is 111 Å². The van der Waals surface area contributed by atoms with Crippen LogP contribution in [0.2, 0.25) is 0 Å². The highest BCUT2D eigenvalue weighted by Gasteiger charge is 2.17. The zero-order chi connectivity index (χ0) is 20.1. The number of rotatable bonds is 5. The van der Waals surface area contributed by atoms with Gasteiger partial charge in [0.25, 0.3) is 11.8 Å². The van der Waals surface area contributed by atoms with Gasteiger partial charge in [-0.05, 0) is 66.6 Å². The van der Waals surface area contributed by atoms with E-state index < -0.39 is 17.9 Å². The molecule has 144 valence electrons. The minimum atomic E-state index is -0.784. The normalized spacial score (nSPS) is 11.5. The Morgan fingerprint density at radius 3 is 2.64 bits per heavy atom. The van der Waals surface area contributed by atoms with Crippen LogP contribution in [-0.4, -0.2) is 38.1 Å². The molecule has 2 N–H and O–H groups in total. The number of aryl methyl sites for hydroxylation is 1. The number of carbonyl (C=O) groups is 2. The number of nitrogens with zero attached hydrogens (tertiary/aromatic N) is 4. The molecule has 1 heterocycles. The van der Waals surface area contributed by atoms with Crippen LogP contribution in [0.3, 0.4) is 0 Å². The predicted molar refractivity (Wildman–Crippen MR) is 101 cm³/mol. The number of ether oxygens (including phenoxy) is 1. The van der Waals surface area contributed by atoms with Gasteiger partial charge in [0.15, 0.2) is 6.10 Å². The van der Waals surface area contributed by atoms with Crippen molar-refractivity contribution in [2.45, 2.75) is 26.9 Å². The van der Waals surface area contributed by atoms with Crippen molar-refractivity contribution in [3.63, 3.8) is 0 Å². The van der Waals surface area contributed by atoms with Crippen LogP contribution in [0, 0.1) is 13.8 Å². The van der Waals surface area contributed by atoms with E-state index in [-0.39, 0.29) is 0 Å². The summed E-state index contributed by atoms with van der Waals surface area (Å²) in [5, 5.41) is 10.9. The first kappa shape index (κ1) is 19.0. The molecule has 2 amide bonds. The number of hydrazine groups is 1. The maximum atomic E-state index is 12.3. The van der Waals surface area contributed by atoms with E-state index in [9.17, 15) is 9.59 Å². The summed E-state index contributed by atoms with van der Waals surface area (Å²) in [4.78, 5) is 24.6. The van der Waals surface area contributed by atoms with Gasteiger partial charge in [0.05, 0.1) is 5.69 Å². The molecular weight excluding hydrogens is 360 g/mol. The second kappa shape index (κ2) is 8.30. The minimum absolute atomic E-state index is 0.344.